The van der Waals surface area contributed by atoms with Crippen molar-refractivity contribution in [3.8, 4) is 0 Å². The minimum Gasteiger partial charge on any atom is -0.330 e. The standard InChI is InChI=1S/C11H21N3S/c1-8(2)10(6-12)7-14-9(3)11-13-4-5-15-11/h4-5,8-10,14H,6-7,12H2,1-3H3. The number of nitrogens with zero attached hydrogens (tertiary/aromatic N) is 1. The maximum atomic E-state index is 5.73. The quantitative estimate of drug-likeness (QED) is 0.782. The van der Waals surface area contributed by atoms with Gasteiger partial charge >= 0.3 is 0 Å². The zero-order valence-electron chi connectivity index (χ0n) is 9.73. The van der Waals surface area contributed by atoms with Crippen LogP contribution in [-0.2, 0) is 0 Å². The van der Waals surface area contributed by atoms with Gasteiger partial charge in [-0.25, -0.2) is 4.98 Å². The summed E-state index contributed by atoms with van der Waals surface area (Å²) in [5.74, 6) is 1.18. The highest BCUT2D eigenvalue weighted by Gasteiger charge is 2.14. The number of hydrogen-bond acceptors (Lipinski definition) is 4. The van der Waals surface area contributed by atoms with Gasteiger partial charge < -0.3 is 11.1 Å². The van der Waals surface area contributed by atoms with E-state index in [1.807, 2.05) is 11.6 Å². The molecule has 4 heteroatoms. The monoisotopic (exact) mass is 227 g/mol. The molecule has 0 spiro atoms. The SMILES string of the molecule is CC(NCC(CN)C(C)C)c1nccs1. The van der Waals surface area contributed by atoms with Crippen LogP contribution in [0.4, 0.5) is 0 Å². The van der Waals surface area contributed by atoms with Gasteiger partial charge in [0, 0.05) is 18.1 Å². The Balaban J connectivity index is 2.36. The van der Waals surface area contributed by atoms with Gasteiger partial charge in [-0.2, -0.15) is 0 Å². The third-order valence-corrected chi connectivity index (χ3v) is 3.71. The maximum Gasteiger partial charge on any atom is 0.109 e. The van der Waals surface area contributed by atoms with Gasteiger partial charge in [0.2, 0.25) is 0 Å². The summed E-state index contributed by atoms with van der Waals surface area (Å²) in [6, 6.07) is 0.331. The van der Waals surface area contributed by atoms with E-state index in [0.717, 1.165) is 18.1 Å². The smallest absolute Gasteiger partial charge is 0.109 e. The van der Waals surface area contributed by atoms with Crippen molar-refractivity contribution in [2.45, 2.75) is 26.8 Å². The van der Waals surface area contributed by atoms with Gasteiger partial charge in [0.05, 0.1) is 6.04 Å². The van der Waals surface area contributed by atoms with E-state index >= 15 is 0 Å². The molecule has 1 aromatic heterocycles. The topological polar surface area (TPSA) is 50.9 Å². The van der Waals surface area contributed by atoms with Crippen LogP contribution in [0, 0.1) is 11.8 Å². The van der Waals surface area contributed by atoms with Gasteiger partial charge in [0.25, 0.3) is 0 Å². The Morgan fingerprint density at radius 2 is 2.20 bits per heavy atom. The van der Waals surface area contributed by atoms with Crippen molar-refractivity contribution in [1.82, 2.24) is 10.3 Å². The second-order valence-corrected chi connectivity index (χ2v) is 5.17. The molecule has 0 aromatic carbocycles. The summed E-state index contributed by atoms with van der Waals surface area (Å²) in [7, 11) is 0. The number of nitrogens with two attached hydrogens (primary N) is 1. The highest BCUT2D eigenvalue weighted by Crippen LogP contribution is 2.16. The number of hydrogen-bond donors (Lipinski definition) is 2. The van der Waals surface area contributed by atoms with Crippen molar-refractivity contribution in [2.75, 3.05) is 13.1 Å². The number of thiazole rings is 1. The normalized spacial score (nSPS) is 15.5. The van der Waals surface area contributed by atoms with Gasteiger partial charge in [-0.3, -0.25) is 0 Å². The molecule has 2 unspecified atom stereocenters. The average Bonchev–Trinajstić information content (AvgIpc) is 2.70. The van der Waals surface area contributed by atoms with Gasteiger partial charge in [-0.05, 0) is 25.3 Å². The predicted molar refractivity (Wildman–Crippen MR) is 65.9 cm³/mol. The molecule has 0 bridgehead atoms. The Hall–Kier alpha value is -0.450. The van der Waals surface area contributed by atoms with E-state index < -0.39 is 0 Å². The first-order chi connectivity index (χ1) is 7.15. The fourth-order valence-corrected chi connectivity index (χ4v) is 2.13. The van der Waals surface area contributed by atoms with Crippen molar-refractivity contribution < 1.29 is 0 Å². The van der Waals surface area contributed by atoms with Crippen LogP contribution in [-0.4, -0.2) is 18.1 Å². The summed E-state index contributed by atoms with van der Waals surface area (Å²) in [4.78, 5) is 4.29. The molecular weight excluding hydrogens is 206 g/mol. The Morgan fingerprint density at radius 3 is 2.67 bits per heavy atom. The zero-order valence-corrected chi connectivity index (χ0v) is 10.6. The molecule has 0 amide bonds. The summed E-state index contributed by atoms with van der Waals surface area (Å²) >= 11 is 1.69. The van der Waals surface area contributed by atoms with Gasteiger partial charge in [0.1, 0.15) is 5.01 Å². The van der Waals surface area contributed by atoms with E-state index in [1.54, 1.807) is 11.3 Å². The van der Waals surface area contributed by atoms with E-state index in [9.17, 15) is 0 Å². The first-order valence-corrected chi connectivity index (χ1v) is 6.36. The fraction of sp³-hybridized carbons (Fsp3) is 0.727. The molecule has 0 aliphatic rings. The lowest BCUT2D eigenvalue weighted by molar-refractivity contribution is 0.356. The molecule has 15 heavy (non-hydrogen) atoms. The highest BCUT2D eigenvalue weighted by molar-refractivity contribution is 7.09. The molecule has 1 rings (SSSR count). The van der Waals surface area contributed by atoms with E-state index in [2.05, 4.69) is 31.1 Å². The van der Waals surface area contributed by atoms with Crippen LogP contribution < -0.4 is 11.1 Å². The van der Waals surface area contributed by atoms with Crippen LogP contribution in [0.2, 0.25) is 0 Å². The van der Waals surface area contributed by atoms with E-state index in [-0.39, 0.29) is 0 Å². The van der Waals surface area contributed by atoms with Crippen LogP contribution in [0.1, 0.15) is 31.8 Å². The molecule has 86 valence electrons. The molecule has 1 aromatic rings. The third kappa shape index (κ3) is 3.89. The molecule has 0 radical (unpaired) electrons. The van der Waals surface area contributed by atoms with Gasteiger partial charge in [0.15, 0.2) is 0 Å². The summed E-state index contributed by atoms with van der Waals surface area (Å²) in [6.07, 6.45) is 1.85. The number of rotatable bonds is 6. The Kier molecular flexibility index (Phi) is 5.22. The van der Waals surface area contributed by atoms with Gasteiger partial charge in [-0.15, -0.1) is 11.3 Å². The Bertz CT molecular complexity index is 259. The molecule has 3 nitrogen and oxygen atoms in total. The average molecular weight is 227 g/mol. The molecule has 0 fully saturated rings. The second-order valence-electron chi connectivity index (χ2n) is 4.24. The molecular formula is C11H21N3S. The van der Waals surface area contributed by atoms with E-state index in [4.69, 9.17) is 5.73 Å². The third-order valence-electron chi connectivity index (χ3n) is 2.75. The van der Waals surface area contributed by atoms with Crippen LogP contribution in [0.5, 0.6) is 0 Å². The Morgan fingerprint density at radius 1 is 1.47 bits per heavy atom. The first-order valence-electron chi connectivity index (χ1n) is 5.48. The van der Waals surface area contributed by atoms with Crippen molar-refractivity contribution in [3.63, 3.8) is 0 Å². The van der Waals surface area contributed by atoms with Crippen LogP contribution in [0.25, 0.3) is 0 Å². The van der Waals surface area contributed by atoms with Crippen LogP contribution in [0.15, 0.2) is 11.6 Å². The number of aromatic nitrogens is 1. The lowest BCUT2D eigenvalue weighted by Gasteiger charge is -2.21. The van der Waals surface area contributed by atoms with Crippen LogP contribution in [0.3, 0.4) is 0 Å². The molecule has 0 aliphatic carbocycles. The first kappa shape index (κ1) is 12.6. The van der Waals surface area contributed by atoms with Crippen molar-refractivity contribution in [3.05, 3.63) is 16.6 Å². The molecule has 2 atom stereocenters. The van der Waals surface area contributed by atoms with Gasteiger partial charge in [-0.1, -0.05) is 13.8 Å². The minimum absolute atomic E-state index is 0.331. The lowest BCUT2D eigenvalue weighted by atomic mass is 9.96. The number of nitrogens with one attached hydrogen (secondary N) is 1. The predicted octanol–water partition coefficient (Wildman–Crippen LogP) is 2.02. The molecule has 3 N–H and O–H groups in total. The summed E-state index contributed by atoms with van der Waals surface area (Å²) in [6.45, 7) is 8.29. The van der Waals surface area contributed by atoms with E-state index in [1.165, 1.54) is 0 Å². The highest BCUT2D eigenvalue weighted by atomic mass is 32.1. The lowest BCUT2D eigenvalue weighted by Crippen LogP contribution is -2.33. The fourth-order valence-electron chi connectivity index (χ4n) is 1.45. The summed E-state index contributed by atoms with van der Waals surface area (Å²) < 4.78 is 0. The molecule has 1 heterocycles. The van der Waals surface area contributed by atoms with Crippen LogP contribution >= 0.6 is 11.3 Å². The van der Waals surface area contributed by atoms with Crippen molar-refractivity contribution in [2.24, 2.45) is 17.6 Å². The molecule has 0 saturated heterocycles. The molecule has 0 aliphatic heterocycles. The molecule has 0 saturated carbocycles. The zero-order chi connectivity index (χ0) is 11.3. The largest absolute Gasteiger partial charge is 0.330 e. The second kappa shape index (κ2) is 6.20. The minimum atomic E-state index is 0.331. The maximum absolute atomic E-state index is 5.73. The summed E-state index contributed by atoms with van der Waals surface area (Å²) in [5.41, 5.74) is 5.73. The van der Waals surface area contributed by atoms with Crippen molar-refractivity contribution in [1.29, 1.82) is 0 Å². The Labute approximate surface area is 96.1 Å². The van der Waals surface area contributed by atoms with E-state index in [0.29, 0.717) is 17.9 Å². The van der Waals surface area contributed by atoms with Crippen molar-refractivity contribution >= 4 is 11.3 Å². The summed E-state index contributed by atoms with van der Waals surface area (Å²) in [5, 5.41) is 6.64.